The highest BCUT2D eigenvalue weighted by Gasteiger charge is 2.14. The molecule has 0 unspecified atom stereocenters. The topological polar surface area (TPSA) is 38.5 Å². The number of nitrogens with zero attached hydrogens (tertiary/aromatic N) is 1. The lowest BCUT2D eigenvalue weighted by Gasteiger charge is -2.23. The summed E-state index contributed by atoms with van der Waals surface area (Å²) in [6, 6.07) is 0. The van der Waals surface area contributed by atoms with Crippen molar-refractivity contribution in [3.63, 3.8) is 0 Å². The first-order valence-electron chi connectivity index (χ1n) is 3.55. The van der Waals surface area contributed by atoms with Crippen LogP contribution in [0.5, 0.6) is 0 Å². The number of hydrogen-bond acceptors (Lipinski definition) is 3. The van der Waals surface area contributed by atoms with Crippen LogP contribution in [0, 0.1) is 5.92 Å². The lowest BCUT2D eigenvalue weighted by Crippen LogP contribution is -2.29. The Labute approximate surface area is 75.4 Å². The maximum Gasteiger partial charge on any atom is 0.0469 e. The van der Waals surface area contributed by atoms with Gasteiger partial charge in [-0.1, -0.05) is 0 Å². The summed E-state index contributed by atoms with van der Waals surface area (Å²) >= 11 is 2.12. The van der Waals surface area contributed by atoms with Gasteiger partial charge in [0.15, 0.2) is 0 Å². The Balaban J connectivity index is 2.13. The molecule has 0 bridgehead atoms. The van der Waals surface area contributed by atoms with Gasteiger partial charge in [0.25, 0.3) is 0 Å². The van der Waals surface area contributed by atoms with Gasteiger partial charge in [0, 0.05) is 42.6 Å². The molecule has 60 valence electrons. The van der Waals surface area contributed by atoms with Gasteiger partial charge < -0.3 is 4.74 Å². The first kappa shape index (κ1) is 8.70. The third kappa shape index (κ3) is 3.14. The summed E-state index contributed by atoms with van der Waals surface area (Å²) in [6.07, 6.45) is 2.33. The third-order valence-corrected chi connectivity index (χ3v) is 2.17. The summed E-state index contributed by atoms with van der Waals surface area (Å²) in [5, 5.41) is 0. The normalized spacial score (nSPS) is 21.9. The molecular formula is C6H13IN2O. The SMILES string of the molecule is NN(I)CC1CCOCC1. The molecule has 3 nitrogen and oxygen atoms in total. The van der Waals surface area contributed by atoms with Crippen molar-refractivity contribution in [3.05, 3.63) is 0 Å². The summed E-state index contributed by atoms with van der Waals surface area (Å²) in [4.78, 5) is 0. The van der Waals surface area contributed by atoms with E-state index >= 15 is 0 Å². The lowest BCUT2D eigenvalue weighted by atomic mass is 10.0. The zero-order valence-corrected chi connectivity index (χ0v) is 8.08. The molecule has 0 aromatic carbocycles. The highest BCUT2D eigenvalue weighted by molar-refractivity contribution is 14.1. The van der Waals surface area contributed by atoms with Crippen LogP contribution in [0.2, 0.25) is 0 Å². The Kier molecular flexibility index (Phi) is 3.90. The second kappa shape index (κ2) is 4.48. The molecule has 0 aliphatic carbocycles. The van der Waals surface area contributed by atoms with E-state index in [1.54, 1.807) is 3.22 Å². The van der Waals surface area contributed by atoms with Gasteiger partial charge in [-0.05, 0) is 18.8 Å². The van der Waals surface area contributed by atoms with E-state index in [4.69, 9.17) is 10.6 Å². The number of rotatable bonds is 2. The van der Waals surface area contributed by atoms with Gasteiger partial charge in [-0.25, -0.2) is 0 Å². The van der Waals surface area contributed by atoms with Crippen molar-refractivity contribution in [2.24, 2.45) is 11.8 Å². The molecule has 1 aliphatic rings. The van der Waals surface area contributed by atoms with Crippen LogP contribution in [0.4, 0.5) is 0 Å². The Morgan fingerprint density at radius 3 is 2.60 bits per heavy atom. The fourth-order valence-corrected chi connectivity index (χ4v) is 1.73. The van der Waals surface area contributed by atoms with E-state index in [1.165, 1.54) is 0 Å². The summed E-state index contributed by atoms with van der Waals surface area (Å²) in [5.41, 5.74) is 0. The highest BCUT2D eigenvalue weighted by Crippen LogP contribution is 2.15. The van der Waals surface area contributed by atoms with Gasteiger partial charge in [0.2, 0.25) is 0 Å². The molecule has 0 radical (unpaired) electrons. The largest absolute Gasteiger partial charge is 0.381 e. The fourth-order valence-electron chi connectivity index (χ4n) is 1.18. The molecule has 0 amide bonds. The van der Waals surface area contributed by atoms with Gasteiger partial charge in [0.05, 0.1) is 0 Å². The first-order chi connectivity index (χ1) is 4.79. The maximum absolute atomic E-state index is 5.50. The Morgan fingerprint density at radius 2 is 2.10 bits per heavy atom. The van der Waals surface area contributed by atoms with Crippen LogP contribution in [-0.2, 0) is 4.74 Å². The monoisotopic (exact) mass is 256 g/mol. The second-order valence-electron chi connectivity index (χ2n) is 2.64. The van der Waals surface area contributed by atoms with E-state index in [0.29, 0.717) is 0 Å². The zero-order valence-electron chi connectivity index (χ0n) is 5.92. The van der Waals surface area contributed by atoms with E-state index < -0.39 is 0 Å². The third-order valence-electron chi connectivity index (χ3n) is 1.77. The van der Waals surface area contributed by atoms with Crippen LogP contribution in [-0.4, -0.2) is 23.0 Å². The molecule has 2 N–H and O–H groups in total. The van der Waals surface area contributed by atoms with Gasteiger partial charge in [-0.15, -0.1) is 0 Å². The van der Waals surface area contributed by atoms with Crippen molar-refractivity contribution < 1.29 is 4.74 Å². The molecule has 1 aliphatic heterocycles. The Morgan fingerprint density at radius 1 is 1.50 bits per heavy atom. The average Bonchev–Trinajstić information content (AvgIpc) is 1.88. The van der Waals surface area contributed by atoms with Crippen molar-refractivity contribution >= 4 is 22.9 Å². The molecule has 0 aromatic heterocycles. The minimum absolute atomic E-state index is 0.746. The minimum atomic E-state index is 0.746. The zero-order chi connectivity index (χ0) is 7.40. The van der Waals surface area contributed by atoms with E-state index in [-0.39, 0.29) is 0 Å². The summed E-state index contributed by atoms with van der Waals surface area (Å²) < 4.78 is 6.95. The molecule has 0 aromatic rings. The molecule has 1 rings (SSSR count). The molecule has 0 saturated carbocycles. The van der Waals surface area contributed by atoms with Crippen LogP contribution >= 0.6 is 22.9 Å². The molecule has 1 fully saturated rings. The molecule has 1 heterocycles. The van der Waals surface area contributed by atoms with Gasteiger partial charge in [0.1, 0.15) is 0 Å². The van der Waals surface area contributed by atoms with Crippen LogP contribution in [0.3, 0.4) is 0 Å². The Bertz CT molecular complexity index is 93.7. The maximum atomic E-state index is 5.50. The van der Waals surface area contributed by atoms with Crippen molar-refractivity contribution in [2.45, 2.75) is 12.8 Å². The van der Waals surface area contributed by atoms with Gasteiger partial charge in [-0.2, -0.15) is 3.22 Å². The summed E-state index contributed by atoms with van der Waals surface area (Å²) in [7, 11) is 0. The number of nitrogens with two attached hydrogens (primary N) is 1. The standard InChI is InChI=1S/C6H13IN2O/c7-9(8)5-6-1-3-10-4-2-6/h6H,1-5,8H2. The molecule has 0 spiro atoms. The number of halogens is 1. The van der Waals surface area contributed by atoms with Crippen molar-refractivity contribution in [2.75, 3.05) is 19.8 Å². The molecule has 4 heteroatoms. The van der Waals surface area contributed by atoms with E-state index in [2.05, 4.69) is 22.9 Å². The molecule has 0 atom stereocenters. The first-order valence-corrected chi connectivity index (χ1v) is 4.51. The number of hydrazine groups is 1. The van der Waals surface area contributed by atoms with E-state index in [9.17, 15) is 0 Å². The quantitative estimate of drug-likeness (QED) is 0.346. The summed E-state index contributed by atoms with van der Waals surface area (Å²) in [6.45, 7) is 2.81. The van der Waals surface area contributed by atoms with Gasteiger partial charge in [-0.3, -0.25) is 5.84 Å². The number of hydrogen-bond donors (Lipinski definition) is 1. The van der Waals surface area contributed by atoms with E-state index in [1.807, 2.05) is 0 Å². The predicted octanol–water partition coefficient (Wildman–Crippen LogP) is 0.939. The van der Waals surface area contributed by atoms with Crippen molar-refractivity contribution in [1.29, 1.82) is 0 Å². The van der Waals surface area contributed by atoms with Crippen LogP contribution in [0.25, 0.3) is 0 Å². The van der Waals surface area contributed by atoms with Crippen LogP contribution < -0.4 is 5.84 Å². The molecule has 10 heavy (non-hydrogen) atoms. The molecule has 1 saturated heterocycles. The van der Waals surface area contributed by atoms with E-state index in [0.717, 1.165) is 38.5 Å². The minimum Gasteiger partial charge on any atom is -0.381 e. The lowest BCUT2D eigenvalue weighted by molar-refractivity contribution is 0.0624. The van der Waals surface area contributed by atoms with Crippen LogP contribution in [0.15, 0.2) is 0 Å². The second-order valence-corrected chi connectivity index (χ2v) is 3.88. The van der Waals surface area contributed by atoms with Crippen LogP contribution in [0.1, 0.15) is 12.8 Å². The average molecular weight is 256 g/mol. The Hall–Kier alpha value is 0.610. The predicted molar refractivity (Wildman–Crippen MR) is 48.5 cm³/mol. The van der Waals surface area contributed by atoms with Gasteiger partial charge >= 0.3 is 0 Å². The summed E-state index contributed by atoms with van der Waals surface area (Å²) in [5.74, 6) is 6.25. The molecular weight excluding hydrogens is 243 g/mol. The fraction of sp³-hybridized carbons (Fsp3) is 1.00. The van der Waals surface area contributed by atoms with Crippen molar-refractivity contribution in [1.82, 2.24) is 3.22 Å². The number of ether oxygens (including phenoxy) is 1. The highest BCUT2D eigenvalue weighted by atomic mass is 127. The smallest absolute Gasteiger partial charge is 0.0469 e. The van der Waals surface area contributed by atoms with Crippen molar-refractivity contribution in [3.8, 4) is 0 Å².